The van der Waals surface area contributed by atoms with Crippen LogP contribution >= 0.6 is 0 Å². The fourth-order valence-corrected chi connectivity index (χ4v) is 0.348. The second-order valence-electron chi connectivity index (χ2n) is 1.83. The summed E-state index contributed by atoms with van der Waals surface area (Å²) in [7, 11) is 0. The predicted octanol–water partition coefficient (Wildman–Crippen LogP) is 0.738. The van der Waals surface area contributed by atoms with Gasteiger partial charge in [0.25, 0.3) is 0 Å². The molecule has 0 radical (unpaired) electrons. The molecular formula is C7H15NO2. The van der Waals surface area contributed by atoms with Crippen molar-refractivity contribution in [2.24, 2.45) is 0 Å². The Kier molecular flexibility index (Phi) is 7.44. The number of carbonyl (C=O) groups excluding carboxylic acids is 2. The Labute approximate surface area is 61.8 Å². The SMILES string of the molecule is C.CCC(=O)NCC(C)=O. The summed E-state index contributed by atoms with van der Waals surface area (Å²) in [5.41, 5.74) is 0. The maximum Gasteiger partial charge on any atom is 0.220 e. The Balaban J connectivity index is 0. The van der Waals surface area contributed by atoms with Crippen LogP contribution in [-0.2, 0) is 9.59 Å². The summed E-state index contributed by atoms with van der Waals surface area (Å²) in [6.07, 6.45) is 0.438. The van der Waals surface area contributed by atoms with Crippen LogP contribution in [0.15, 0.2) is 0 Å². The van der Waals surface area contributed by atoms with E-state index in [1.807, 2.05) is 0 Å². The lowest BCUT2D eigenvalue weighted by Crippen LogP contribution is -2.27. The quantitative estimate of drug-likeness (QED) is 0.636. The van der Waals surface area contributed by atoms with Crippen LogP contribution in [0.25, 0.3) is 0 Å². The highest BCUT2D eigenvalue weighted by molar-refractivity contribution is 5.84. The fourth-order valence-electron chi connectivity index (χ4n) is 0.348. The molecule has 60 valence electrons. The van der Waals surface area contributed by atoms with Gasteiger partial charge in [0.2, 0.25) is 5.91 Å². The molecule has 3 nitrogen and oxygen atoms in total. The van der Waals surface area contributed by atoms with E-state index in [9.17, 15) is 9.59 Å². The lowest BCUT2D eigenvalue weighted by molar-refractivity contribution is -0.124. The molecule has 0 fully saturated rings. The zero-order chi connectivity index (χ0) is 7.28. The highest BCUT2D eigenvalue weighted by Crippen LogP contribution is 1.73. The lowest BCUT2D eigenvalue weighted by Gasteiger charge is -1.96. The van der Waals surface area contributed by atoms with Crippen molar-refractivity contribution in [2.75, 3.05) is 6.54 Å². The van der Waals surface area contributed by atoms with Gasteiger partial charge in [0.15, 0.2) is 0 Å². The van der Waals surface area contributed by atoms with Crippen LogP contribution in [0.1, 0.15) is 27.7 Å². The van der Waals surface area contributed by atoms with Crippen molar-refractivity contribution in [1.82, 2.24) is 5.32 Å². The number of nitrogens with one attached hydrogen (secondary N) is 1. The van der Waals surface area contributed by atoms with Gasteiger partial charge in [-0.3, -0.25) is 9.59 Å². The Morgan fingerprint density at radius 2 is 1.90 bits per heavy atom. The molecule has 0 heterocycles. The van der Waals surface area contributed by atoms with Gasteiger partial charge in [-0.05, 0) is 6.92 Å². The first-order valence-corrected chi connectivity index (χ1v) is 2.93. The average Bonchev–Trinajstić information content (AvgIpc) is 1.83. The molecule has 0 rings (SSSR count). The van der Waals surface area contributed by atoms with Gasteiger partial charge in [-0.1, -0.05) is 14.4 Å². The van der Waals surface area contributed by atoms with E-state index < -0.39 is 0 Å². The molecule has 0 aliphatic carbocycles. The van der Waals surface area contributed by atoms with Crippen LogP contribution in [0.2, 0.25) is 0 Å². The first-order valence-electron chi connectivity index (χ1n) is 2.93. The number of Topliss-reactive ketones (excluding diaryl/α,β-unsaturated/α-hetero) is 1. The normalized spacial score (nSPS) is 7.80. The third kappa shape index (κ3) is 7.14. The summed E-state index contributed by atoms with van der Waals surface area (Å²) in [4.78, 5) is 20.7. The van der Waals surface area contributed by atoms with Crippen molar-refractivity contribution >= 4 is 11.7 Å². The van der Waals surface area contributed by atoms with Crippen molar-refractivity contribution in [3.8, 4) is 0 Å². The molecule has 0 aromatic heterocycles. The molecule has 1 amide bonds. The van der Waals surface area contributed by atoms with E-state index in [2.05, 4.69) is 5.32 Å². The van der Waals surface area contributed by atoms with Crippen molar-refractivity contribution < 1.29 is 9.59 Å². The third-order valence-corrected chi connectivity index (χ3v) is 0.856. The van der Waals surface area contributed by atoms with E-state index in [1.165, 1.54) is 6.92 Å². The van der Waals surface area contributed by atoms with Crippen LogP contribution in [0.5, 0.6) is 0 Å². The molecule has 0 unspecified atom stereocenters. The largest absolute Gasteiger partial charge is 0.349 e. The van der Waals surface area contributed by atoms with Crippen LogP contribution in [-0.4, -0.2) is 18.2 Å². The van der Waals surface area contributed by atoms with E-state index in [4.69, 9.17) is 0 Å². The van der Waals surface area contributed by atoms with E-state index >= 15 is 0 Å². The molecule has 1 N–H and O–H groups in total. The molecule has 0 bridgehead atoms. The van der Waals surface area contributed by atoms with Crippen molar-refractivity contribution in [2.45, 2.75) is 27.7 Å². The highest BCUT2D eigenvalue weighted by Gasteiger charge is 1.96. The first-order chi connectivity index (χ1) is 4.16. The molecule has 0 atom stereocenters. The van der Waals surface area contributed by atoms with Gasteiger partial charge in [-0.15, -0.1) is 0 Å². The molecule has 0 spiro atoms. The number of carbonyl (C=O) groups is 2. The lowest BCUT2D eigenvalue weighted by atomic mass is 10.4. The zero-order valence-corrected chi connectivity index (χ0v) is 5.73. The minimum Gasteiger partial charge on any atom is -0.349 e. The number of hydrogen-bond acceptors (Lipinski definition) is 2. The summed E-state index contributed by atoms with van der Waals surface area (Å²) in [5.74, 6) is -0.0954. The Morgan fingerprint density at radius 3 is 2.20 bits per heavy atom. The summed E-state index contributed by atoms with van der Waals surface area (Å²) in [5, 5.41) is 2.44. The summed E-state index contributed by atoms with van der Waals surface area (Å²) >= 11 is 0. The standard InChI is InChI=1S/C6H11NO2.CH4/c1-3-6(9)7-4-5(2)8;/h3-4H2,1-2H3,(H,7,9);1H4. The Morgan fingerprint density at radius 1 is 1.40 bits per heavy atom. The van der Waals surface area contributed by atoms with Crippen molar-refractivity contribution in [1.29, 1.82) is 0 Å². The molecule has 0 aliphatic rings. The van der Waals surface area contributed by atoms with Gasteiger partial charge >= 0.3 is 0 Å². The topological polar surface area (TPSA) is 46.2 Å². The van der Waals surface area contributed by atoms with Crippen LogP contribution in [0.4, 0.5) is 0 Å². The summed E-state index contributed by atoms with van der Waals surface area (Å²) in [6, 6.07) is 0. The van der Waals surface area contributed by atoms with Crippen LogP contribution < -0.4 is 5.32 Å². The smallest absolute Gasteiger partial charge is 0.220 e. The monoisotopic (exact) mass is 145 g/mol. The summed E-state index contributed by atoms with van der Waals surface area (Å²) in [6.45, 7) is 3.35. The maximum atomic E-state index is 10.5. The molecule has 0 saturated heterocycles. The third-order valence-electron chi connectivity index (χ3n) is 0.856. The minimum absolute atomic E-state index is 0. The molecule has 0 saturated carbocycles. The highest BCUT2D eigenvalue weighted by atomic mass is 16.2. The summed E-state index contributed by atoms with van der Waals surface area (Å²) < 4.78 is 0. The number of amides is 1. The van der Waals surface area contributed by atoms with Crippen molar-refractivity contribution in [3.63, 3.8) is 0 Å². The molecule has 3 heteroatoms. The van der Waals surface area contributed by atoms with Gasteiger partial charge in [0, 0.05) is 6.42 Å². The van der Waals surface area contributed by atoms with E-state index in [1.54, 1.807) is 6.92 Å². The Bertz CT molecular complexity index is 121. The average molecular weight is 145 g/mol. The molecule has 10 heavy (non-hydrogen) atoms. The van der Waals surface area contributed by atoms with Gasteiger partial charge in [-0.2, -0.15) is 0 Å². The van der Waals surface area contributed by atoms with Crippen LogP contribution in [0.3, 0.4) is 0 Å². The number of ketones is 1. The number of hydrogen-bond donors (Lipinski definition) is 1. The van der Waals surface area contributed by atoms with Gasteiger partial charge in [0.1, 0.15) is 5.78 Å². The van der Waals surface area contributed by atoms with E-state index in [0.29, 0.717) is 6.42 Å². The first kappa shape index (κ1) is 11.9. The molecular weight excluding hydrogens is 130 g/mol. The van der Waals surface area contributed by atoms with Gasteiger partial charge in [0.05, 0.1) is 6.54 Å². The predicted molar refractivity (Wildman–Crippen MR) is 40.7 cm³/mol. The van der Waals surface area contributed by atoms with Crippen LogP contribution in [0, 0.1) is 0 Å². The second-order valence-corrected chi connectivity index (χ2v) is 1.83. The fraction of sp³-hybridized carbons (Fsp3) is 0.714. The molecule has 0 aromatic rings. The minimum atomic E-state index is -0.0785. The van der Waals surface area contributed by atoms with E-state index in [0.717, 1.165) is 0 Å². The van der Waals surface area contributed by atoms with Gasteiger partial charge in [-0.25, -0.2) is 0 Å². The number of rotatable bonds is 3. The second kappa shape index (κ2) is 6.26. The van der Waals surface area contributed by atoms with Gasteiger partial charge < -0.3 is 5.32 Å². The molecule has 0 aliphatic heterocycles. The Hall–Kier alpha value is -0.860. The zero-order valence-electron chi connectivity index (χ0n) is 5.73. The molecule has 0 aromatic carbocycles. The van der Waals surface area contributed by atoms with Crippen molar-refractivity contribution in [3.05, 3.63) is 0 Å². The maximum absolute atomic E-state index is 10.5. The van der Waals surface area contributed by atoms with E-state index in [-0.39, 0.29) is 25.7 Å².